The Morgan fingerprint density at radius 1 is 1.21 bits per heavy atom. The van der Waals surface area contributed by atoms with Crippen LogP contribution in [0.5, 0.6) is 5.75 Å². The molecule has 0 bridgehead atoms. The summed E-state index contributed by atoms with van der Waals surface area (Å²) < 4.78 is 5.32. The SMILES string of the molecule is Nc1cc(NC(=O)COc2ccccc2)ccc1Cl. The van der Waals surface area contributed by atoms with E-state index in [9.17, 15) is 4.79 Å². The molecule has 0 aliphatic heterocycles. The lowest BCUT2D eigenvalue weighted by Gasteiger charge is -2.08. The summed E-state index contributed by atoms with van der Waals surface area (Å²) in [5.41, 5.74) is 6.65. The highest BCUT2D eigenvalue weighted by Gasteiger charge is 2.05. The molecular formula is C14H13ClN2O2. The number of halogens is 1. The fraction of sp³-hybridized carbons (Fsp3) is 0.0714. The highest BCUT2D eigenvalue weighted by atomic mass is 35.5. The maximum Gasteiger partial charge on any atom is 0.262 e. The molecule has 0 fully saturated rings. The molecule has 19 heavy (non-hydrogen) atoms. The molecule has 0 saturated heterocycles. The van der Waals surface area contributed by atoms with Crippen LogP contribution in [-0.2, 0) is 4.79 Å². The van der Waals surface area contributed by atoms with Gasteiger partial charge in [-0.05, 0) is 30.3 Å². The Hall–Kier alpha value is -2.20. The number of amides is 1. The van der Waals surface area contributed by atoms with E-state index < -0.39 is 0 Å². The molecule has 0 spiro atoms. The number of benzene rings is 2. The van der Waals surface area contributed by atoms with Gasteiger partial charge in [-0.25, -0.2) is 0 Å². The molecule has 0 aliphatic rings. The summed E-state index contributed by atoms with van der Waals surface area (Å²) in [7, 11) is 0. The maximum atomic E-state index is 11.7. The van der Waals surface area contributed by atoms with E-state index in [0.717, 1.165) is 0 Å². The first-order valence-corrected chi connectivity index (χ1v) is 6.05. The standard InChI is InChI=1S/C14H13ClN2O2/c15-12-7-6-10(8-13(12)16)17-14(18)9-19-11-4-2-1-3-5-11/h1-8H,9,16H2,(H,17,18). The van der Waals surface area contributed by atoms with Gasteiger partial charge in [0, 0.05) is 5.69 Å². The topological polar surface area (TPSA) is 64.3 Å². The zero-order valence-corrected chi connectivity index (χ0v) is 10.9. The molecule has 1 amide bonds. The minimum Gasteiger partial charge on any atom is -0.484 e. The van der Waals surface area contributed by atoms with Crippen molar-refractivity contribution in [3.63, 3.8) is 0 Å². The quantitative estimate of drug-likeness (QED) is 0.844. The average molecular weight is 277 g/mol. The molecule has 0 unspecified atom stereocenters. The van der Waals surface area contributed by atoms with E-state index in [-0.39, 0.29) is 12.5 Å². The molecule has 0 atom stereocenters. The van der Waals surface area contributed by atoms with Gasteiger partial charge in [-0.2, -0.15) is 0 Å². The first-order chi connectivity index (χ1) is 9.15. The number of para-hydroxylation sites is 1. The minimum absolute atomic E-state index is 0.0630. The van der Waals surface area contributed by atoms with E-state index in [4.69, 9.17) is 22.1 Å². The Morgan fingerprint density at radius 2 is 1.95 bits per heavy atom. The number of rotatable bonds is 4. The van der Waals surface area contributed by atoms with Gasteiger partial charge in [0.2, 0.25) is 0 Å². The normalized spacial score (nSPS) is 9.95. The van der Waals surface area contributed by atoms with Crippen molar-refractivity contribution in [3.8, 4) is 5.75 Å². The second kappa shape index (κ2) is 6.11. The molecule has 0 aliphatic carbocycles. The molecule has 0 aromatic heterocycles. The van der Waals surface area contributed by atoms with Crippen LogP contribution in [0.1, 0.15) is 0 Å². The van der Waals surface area contributed by atoms with Gasteiger partial charge in [-0.15, -0.1) is 0 Å². The lowest BCUT2D eigenvalue weighted by molar-refractivity contribution is -0.118. The Morgan fingerprint density at radius 3 is 2.63 bits per heavy atom. The number of ether oxygens (including phenoxy) is 1. The van der Waals surface area contributed by atoms with Gasteiger partial charge in [0.25, 0.3) is 5.91 Å². The van der Waals surface area contributed by atoms with Gasteiger partial charge in [0.05, 0.1) is 10.7 Å². The van der Waals surface area contributed by atoms with Gasteiger partial charge in [-0.1, -0.05) is 29.8 Å². The van der Waals surface area contributed by atoms with Crippen LogP contribution < -0.4 is 15.8 Å². The molecule has 0 radical (unpaired) electrons. The van der Waals surface area contributed by atoms with Crippen molar-refractivity contribution in [1.29, 1.82) is 0 Å². The smallest absolute Gasteiger partial charge is 0.262 e. The summed E-state index contributed by atoms with van der Waals surface area (Å²) in [6.07, 6.45) is 0. The van der Waals surface area contributed by atoms with Crippen molar-refractivity contribution in [3.05, 3.63) is 53.6 Å². The molecule has 2 aromatic carbocycles. The van der Waals surface area contributed by atoms with E-state index in [1.165, 1.54) is 0 Å². The summed E-state index contributed by atoms with van der Waals surface area (Å²) >= 11 is 5.80. The second-order valence-electron chi connectivity index (χ2n) is 3.89. The zero-order valence-electron chi connectivity index (χ0n) is 10.1. The Bertz CT molecular complexity index is 573. The molecule has 2 aromatic rings. The minimum atomic E-state index is -0.259. The highest BCUT2D eigenvalue weighted by molar-refractivity contribution is 6.33. The summed E-state index contributed by atoms with van der Waals surface area (Å²) in [5, 5.41) is 3.13. The van der Waals surface area contributed by atoms with Crippen LogP contribution in [0.4, 0.5) is 11.4 Å². The van der Waals surface area contributed by atoms with Crippen molar-refractivity contribution in [2.45, 2.75) is 0 Å². The lowest BCUT2D eigenvalue weighted by atomic mass is 10.3. The third-order valence-electron chi connectivity index (χ3n) is 2.39. The third-order valence-corrected chi connectivity index (χ3v) is 2.74. The monoisotopic (exact) mass is 276 g/mol. The fourth-order valence-electron chi connectivity index (χ4n) is 1.48. The predicted octanol–water partition coefficient (Wildman–Crippen LogP) is 2.94. The van der Waals surface area contributed by atoms with Crippen molar-refractivity contribution in [2.75, 3.05) is 17.7 Å². The fourth-order valence-corrected chi connectivity index (χ4v) is 1.60. The van der Waals surface area contributed by atoms with Crippen molar-refractivity contribution < 1.29 is 9.53 Å². The molecule has 4 nitrogen and oxygen atoms in total. The third kappa shape index (κ3) is 3.89. The summed E-state index contributed by atoms with van der Waals surface area (Å²) in [6, 6.07) is 14.0. The van der Waals surface area contributed by atoms with E-state index in [2.05, 4.69) is 5.32 Å². The van der Waals surface area contributed by atoms with Crippen LogP contribution in [0, 0.1) is 0 Å². The van der Waals surface area contributed by atoms with Crippen LogP contribution >= 0.6 is 11.6 Å². The van der Waals surface area contributed by atoms with Gasteiger partial charge in [0.15, 0.2) is 6.61 Å². The van der Waals surface area contributed by atoms with E-state index in [1.54, 1.807) is 30.3 Å². The first kappa shape index (κ1) is 13.2. The molecular weight excluding hydrogens is 264 g/mol. The number of hydrogen-bond donors (Lipinski definition) is 2. The zero-order chi connectivity index (χ0) is 13.7. The van der Waals surface area contributed by atoms with E-state index in [0.29, 0.717) is 22.1 Å². The summed E-state index contributed by atoms with van der Waals surface area (Å²) in [6.45, 7) is -0.0630. The van der Waals surface area contributed by atoms with E-state index >= 15 is 0 Å². The number of anilines is 2. The molecule has 0 heterocycles. The van der Waals surface area contributed by atoms with Crippen LogP contribution in [0.25, 0.3) is 0 Å². The maximum absolute atomic E-state index is 11.7. The number of nitrogens with two attached hydrogens (primary N) is 1. The molecule has 3 N–H and O–H groups in total. The van der Waals surface area contributed by atoms with Gasteiger partial charge in [-0.3, -0.25) is 4.79 Å². The van der Waals surface area contributed by atoms with Gasteiger partial charge < -0.3 is 15.8 Å². The molecule has 2 rings (SSSR count). The highest BCUT2D eigenvalue weighted by Crippen LogP contribution is 2.22. The Labute approximate surface area is 116 Å². The van der Waals surface area contributed by atoms with Crippen molar-refractivity contribution in [1.82, 2.24) is 0 Å². The number of carbonyl (C=O) groups is 1. The second-order valence-corrected chi connectivity index (χ2v) is 4.29. The first-order valence-electron chi connectivity index (χ1n) is 5.68. The Balaban J connectivity index is 1.89. The van der Waals surface area contributed by atoms with Crippen molar-refractivity contribution in [2.24, 2.45) is 0 Å². The van der Waals surface area contributed by atoms with Crippen LogP contribution in [-0.4, -0.2) is 12.5 Å². The van der Waals surface area contributed by atoms with E-state index in [1.807, 2.05) is 18.2 Å². The largest absolute Gasteiger partial charge is 0.484 e. The van der Waals surface area contributed by atoms with Crippen molar-refractivity contribution >= 4 is 28.9 Å². The average Bonchev–Trinajstić information content (AvgIpc) is 2.42. The molecule has 0 saturated carbocycles. The Kier molecular flexibility index (Phi) is 4.26. The van der Waals surface area contributed by atoms with Gasteiger partial charge in [0.1, 0.15) is 5.75 Å². The number of nitrogen functional groups attached to an aromatic ring is 1. The number of hydrogen-bond acceptors (Lipinski definition) is 3. The van der Waals surface area contributed by atoms with Crippen LogP contribution in [0.2, 0.25) is 5.02 Å². The number of carbonyl (C=O) groups excluding carboxylic acids is 1. The lowest BCUT2D eigenvalue weighted by Crippen LogP contribution is -2.20. The summed E-state index contributed by atoms with van der Waals surface area (Å²) in [5.74, 6) is 0.388. The molecule has 98 valence electrons. The van der Waals surface area contributed by atoms with Crippen LogP contribution in [0.3, 0.4) is 0 Å². The van der Waals surface area contributed by atoms with Crippen LogP contribution in [0.15, 0.2) is 48.5 Å². The summed E-state index contributed by atoms with van der Waals surface area (Å²) in [4.78, 5) is 11.7. The van der Waals surface area contributed by atoms with Gasteiger partial charge >= 0.3 is 0 Å². The molecule has 5 heteroatoms. The predicted molar refractivity (Wildman–Crippen MR) is 76.4 cm³/mol. The number of nitrogens with one attached hydrogen (secondary N) is 1.